The highest BCUT2D eigenvalue weighted by atomic mass is 16.4. The normalized spacial score (nSPS) is 16.3. The lowest BCUT2D eigenvalue weighted by molar-refractivity contribution is -0.137. The summed E-state index contributed by atoms with van der Waals surface area (Å²) in [7, 11) is 0. The number of ketones is 2. The molecule has 0 unspecified atom stereocenters. The number of unbranched alkanes of at least 4 members (excludes halogenated alkanes) is 2. The summed E-state index contributed by atoms with van der Waals surface area (Å²) in [5.41, 5.74) is 3.22. The molecule has 0 saturated heterocycles. The summed E-state index contributed by atoms with van der Waals surface area (Å²) >= 11 is 0. The molecule has 4 nitrogen and oxygen atoms in total. The molecule has 1 aromatic carbocycles. The molecule has 1 aliphatic rings. The first-order valence-electron chi connectivity index (χ1n) is 9.09. The van der Waals surface area contributed by atoms with Crippen molar-refractivity contribution >= 4 is 17.5 Å². The molecule has 2 rings (SSSR count). The molecule has 26 heavy (non-hydrogen) atoms. The summed E-state index contributed by atoms with van der Waals surface area (Å²) in [6, 6.07) is 9.77. The molecule has 1 aromatic rings. The predicted octanol–water partition coefficient (Wildman–Crippen LogP) is 4.61. The molecule has 4 heteroatoms. The Kier molecular flexibility index (Phi) is 6.67. The molecule has 0 bridgehead atoms. The van der Waals surface area contributed by atoms with Crippen LogP contribution in [0.1, 0.15) is 64.4 Å². The van der Waals surface area contributed by atoms with Crippen LogP contribution < -0.4 is 0 Å². The van der Waals surface area contributed by atoms with Gasteiger partial charge in [-0.1, -0.05) is 43.2 Å². The Morgan fingerprint density at radius 1 is 0.885 bits per heavy atom. The van der Waals surface area contributed by atoms with Crippen LogP contribution in [0.25, 0.3) is 0 Å². The minimum Gasteiger partial charge on any atom is -0.481 e. The fraction of sp³-hybridized carbons (Fsp3) is 0.409. The van der Waals surface area contributed by atoms with E-state index >= 15 is 0 Å². The third kappa shape index (κ3) is 4.37. The number of hydrogen-bond donors (Lipinski definition) is 1. The Morgan fingerprint density at radius 2 is 1.50 bits per heavy atom. The topological polar surface area (TPSA) is 71.4 Å². The highest BCUT2D eigenvalue weighted by Crippen LogP contribution is 2.37. The number of hydrogen-bond acceptors (Lipinski definition) is 3. The van der Waals surface area contributed by atoms with E-state index in [2.05, 4.69) is 0 Å². The Labute approximate surface area is 154 Å². The molecule has 0 radical (unpaired) electrons. The van der Waals surface area contributed by atoms with Crippen molar-refractivity contribution in [3.8, 4) is 0 Å². The van der Waals surface area contributed by atoms with Gasteiger partial charge in [-0.25, -0.2) is 0 Å². The van der Waals surface area contributed by atoms with Crippen molar-refractivity contribution in [1.82, 2.24) is 0 Å². The first kappa shape index (κ1) is 19.8. The SMILES string of the molecule is CC1=C(C)C(=O)C([C@@H](CCCCCC(=O)O)c2ccccc2)=C(C)C1=O. The van der Waals surface area contributed by atoms with E-state index in [-0.39, 0.29) is 23.9 Å². The van der Waals surface area contributed by atoms with E-state index < -0.39 is 5.97 Å². The maximum Gasteiger partial charge on any atom is 0.303 e. The third-order valence-electron chi connectivity index (χ3n) is 5.17. The number of carboxylic acid groups (broad SMARTS) is 1. The number of benzene rings is 1. The lowest BCUT2D eigenvalue weighted by atomic mass is 9.76. The molecule has 0 aliphatic heterocycles. The molecule has 0 fully saturated rings. The largest absolute Gasteiger partial charge is 0.481 e. The average Bonchev–Trinajstić information content (AvgIpc) is 2.63. The van der Waals surface area contributed by atoms with Crippen LogP contribution in [0.15, 0.2) is 52.6 Å². The van der Waals surface area contributed by atoms with E-state index in [1.807, 2.05) is 30.3 Å². The summed E-state index contributed by atoms with van der Waals surface area (Å²) < 4.78 is 0. The van der Waals surface area contributed by atoms with Gasteiger partial charge in [0, 0.05) is 34.6 Å². The zero-order chi connectivity index (χ0) is 19.3. The van der Waals surface area contributed by atoms with Gasteiger partial charge in [0.2, 0.25) is 0 Å². The summed E-state index contributed by atoms with van der Waals surface area (Å²) in [5.74, 6) is -1.02. The van der Waals surface area contributed by atoms with Gasteiger partial charge in [0.15, 0.2) is 11.6 Å². The van der Waals surface area contributed by atoms with E-state index in [1.54, 1.807) is 20.8 Å². The van der Waals surface area contributed by atoms with Gasteiger partial charge in [0.25, 0.3) is 0 Å². The number of carbonyl (C=O) groups excluding carboxylic acids is 2. The molecule has 138 valence electrons. The van der Waals surface area contributed by atoms with Crippen LogP contribution in [0.5, 0.6) is 0 Å². The molecule has 1 N–H and O–H groups in total. The Bertz CT molecular complexity index is 769. The van der Waals surface area contributed by atoms with Crippen molar-refractivity contribution in [2.75, 3.05) is 0 Å². The molecular weight excluding hydrogens is 328 g/mol. The maximum absolute atomic E-state index is 12.9. The Morgan fingerprint density at radius 3 is 2.12 bits per heavy atom. The number of Topliss-reactive ketones (excluding diaryl/α,β-unsaturated/α-hetero) is 2. The standard InChI is InChI=1S/C22H26O4/c1-14-15(2)22(26)20(16(3)21(14)25)18(17-10-6-4-7-11-17)12-8-5-9-13-19(23)24/h4,6-7,10-11,18H,5,8-9,12-13H2,1-3H3,(H,23,24)/t18-/m0/s1. The van der Waals surface area contributed by atoms with Crippen LogP contribution in [0.2, 0.25) is 0 Å². The zero-order valence-corrected chi connectivity index (χ0v) is 15.7. The van der Waals surface area contributed by atoms with Crippen molar-refractivity contribution in [3.05, 3.63) is 58.2 Å². The van der Waals surface area contributed by atoms with Gasteiger partial charge in [-0.3, -0.25) is 14.4 Å². The monoisotopic (exact) mass is 354 g/mol. The second-order valence-electron chi connectivity index (χ2n) is 6.90. The fourth-order valence-electron chi connectivity index (χ4n) is 3.50. The minimum absolute atomic E-state index is 0.0426. The van der Waals surface area contributed by atoms with Crippen LogP contribution in [0, 0.1) is 0 Å². The maximum atomic E-state index is 12.9. The quantitative estimate of drug-likeness (QED) is 0.546. The highest BCUT2D eigenvalue weighted by molar-refractivity contribution is 6.25. The van der Waals surface area contributed by atoms with Gasteiger partial charge in [-0.05, 0) is 39.2 Å². The van der Waals surface area contributed by atoms with Gasteiger partial charge < -0.3 is 5.11 Å². The lowest BCUT2D eigenvalue weighted by Gasteiger charge is -2.26. The lowest BCUT2D eigenvalue weighted by Crippen LogP contribution is -2.24. The van der Waals surface area contributed by atoms with Crippen molar-refractivity contribution in [2.24, 2.45) is 0 Å². The number of carboxylic acids is 1. The molecule has 0 saturated carbocycles. The molecule has 0 amide bonds. The predicted molar refractivity (Wildman–Crippen MR) is 101 cm³/mol. The second kappa shape index (κ2) is 8.75. The highest BCUT2D eigenvalue weighted by Gasteiger charge is 2.33. The summed E-state index contributed by atoms with van der Waals surface area (Å²) in [5, 5.41) is 8.76. The van der Waals surface area contributed by atoms with E-state index in [0.29, 0.717) is 28.7 Å². The van der Waals surface area contributed by atoms with Gasteiger partial charge in [-0.15, -0.1) is 0 Å². The zero-order valence-electron chi connectivity index (χ0n) is 15.7. The van der Waals surface area contributed by atoms with Crippen LogP contribution in [-0.4, -0.2) is 22.6 Å². The van der Waals surface area contributed by atoms with Crippen LogP contribution in [0.3, 0.4) is 0 Å². The van der Waals surface area contributed by atoms with Gasteiger partial charge in [0.1, 0.15) is 0 Å². The Balaban J connectivity index is 2.28. The average molecular weight is 354 g/mol. The second-order valence-corrected chi connectivity index (χ2v) is 6.90. The molecule has 0 spiro atoms. The van der Waals surface area contributed by atoms with Crippen LogP contribution in [-0.2, 0) is 14.4 Å². The molecule has 1 atom stereocenters. The summed E-state index contributed by atoms with van der Waals surface area (Å²) in [4.78, 5) is 36.1. The molecule has 0 aromatic heterocycles. The van der Waals surface area contributed by atoms with E-state index in [1.165, 1.54) is 0 Å². The number of allylic oxidation sites excluding steroid dienone is 4. The smallest absolute Gasteiger partial charge is 0.303 e. The molecule has 0 heterocycles. The third-order valence-corrected chi connectivity index (χ3v) is 5.17. The van der Waals surface area contributed by atoms with Gasteiger partial charge in [0.05, 0.1) is 0 Å². The number of carbonyl (C=O) groups is 3. The molecular formula is C22H26O4. The van der Waals surface area contributed by atoms with Crippen molar-refractivity contribution < 1.29 is 19.5 Å². The van der Waals surface area contributed by atoms with E-state index in [9.17, 15) is 14.4 Å². The Hall–Kier alpha value is -2.49. The van der Waals surface area contributed by atoms with E-state index in [4.69, 9.17) is 5.11 Å². The number of rotatable bonds is 8. The van der Waals surface area contributed by atoms with Crippen molar-refractivity contribution in [3.63, 3.8) is 0 Å². The minimum atomic E-state index is -0.785. The summed E-state index contributed by atoms with van der Waals surface area (Å²) in [6.45, 7) is 5.17. The summed E-state index contributed by atoms with van der Waals surface area (Å²) in [6.07, 6.45) is 3.11. The van der Waals surface area contributed by atoms with Gasteiger partial charge in [-0.2, -0.15) is 0 Å². The first-order chi connectivity index (χ1) is 12.3. The van der Waals surface area contributed by atoms with Gasteiger partial charge >= 0.3 is 5.97 Å². The van der Waals surface area contributed by atoms with E-state index in [0.717, 1.165) is 24.8 Å². The number of aliphatic carboxylic acids is 1. The van der Waals surface area contributed by atoms with Crippen LogP contribution >= 0.6 is 0 Å². The van der Waals surface area contributed by atoms with Crippen molar-refractivity contribution in [1.29, 1.82) is 0 Å². The molecule has 1 aliphatic carbocycles. The fourth-order valence-corrected chi connectivity index (χ4v) is 3.50. The van der Waals surface area contributed by atoms with Crippen LogP contribution in [0.4, 0.5) is 0 Å². The first-order valence-corrected chi connectivity index (χ1v) is 9.09. The van der Waals surface area contributed by atoms with Crippen molar-refractivity contribution in [2.45, 2.75) is 58.8 Å².